The van der Waals surface area contributed by atoms with Crippen molar-refractivity contribution >= 4 is 0 Å². The molecule has 0 radical (unpaired) electrons. The quantitative estimate of drug-likeness (QED) is 0.867. The Hall–Kier alpha value is -1.26. The fourth-order valence-electron chi connectivity index (χ4n) is 2.75. The van der Waals surface area contributed by atoms with E-state index in [1.54, 1.807) is 0 Å². The van der Waals surface area contributed by atoms with E-state index in [0.717, 1.165) is 36.3 Å². The summed E-state index contributed by atoms with van der Waals surface area (Å²) in [6.07, 6.45) is 3.08. The molecule has 1 saturated carbocycles. The first-order chi connectivity index (χ1) is 9.24. The lowest BCUT2D eigenvalue weighted by Gasteiger charge is -2.29. The van der Waals surface area contributed by atoms with E-state index in [1.807, 2.05) is 25.2 Å². The molecule has 1 fully saturated rings. The second-order valence-corrected chi connectivity index (χ2v) is 5.44. The highest BCUT2D eigenvalue weighted by atomic mass is 16.5. The Bertz CT molecular complexity index is 459. The Morgan fingerprint density at radius 2 is 2.00 bits per heavy atom. The zero-order valence-corrected chi connectivity index (χ0v) is 11.3. The van der Waals surface area contributed by atoms with Gasteiger partial charge in [-0.2, -0.15) is 0 Å². The van der Waals surface area contributed by atoms with Crippen molar-refractivity contribution in [1.29, 1.82) is 0 Å². The van der Waals surface area contributed by atoms with Gasteiger partial charge >= 0.3 is 0 Å². The van der Waals surface area contributed by atoms with Gasteiger partial charge in [0.2, 0.25) is 0 Å². The average molecular weight is 263 g/mol. The lowest BCUT2D eigenvalue weighted by Crippen LogP contribution is -2.38. The summed E-state index contributed by atoms with van der Waals surface area (Å²) < 4.78 is 11.3. The molecule has 0 amide bonds. The summed E-state index contributed by atoms with van der Waals surface area (Å²) in [6.45, 7) is 1.93. The topological polar surface area (TPSA) is 50.7 Å². The highest BCUT2D eigenvalue weighted by Gasteiger charge is 2.44. The summed E-state index contributed by atoms with van der Waals surface area (Å²) in [5.41, 5.74) is 0.132. The van der Waals surface area contributed by atoms with Gasteiger partial charge in [-0.25, -0.2) is 0 Å². The van der Waals surface area contributed by atoms with Crippen LogP contribution >= 0.6 is 0 Å². The van der Waals surface area contributed by atoms with Gasteiger partial charge in [0.05, 0.1) is 13.2 Å². The average Bonchev–Trinajstić information content (AvgIpc) is 3.25. The van der Waals surface area contributed by atoms with E-state index in [-0.39, 0.29) is 0 Å². The minimum atomic E-state index is -0.792. The summed E-state index contributed by atoms with van der Waals surface area (Å²) in [5, 5.41) is 14.0. The molecular formula is C15H21NO3. The SMILES string of the molecule is CNCC(O)(c1ccc2c(c1)OCCCO2)C1CC1. The summed E-state index contributed by atoms with van der Waals surface area (Å²) >= 11 is 0. The van der Waals surface area contributed by atoms with Crippen LogP contribution in [0.3, 0.4) is 0 Å². The fraction of sp³-hybridized carbons (Fsp3) is 0.600. The second kappa shape index (κ2) is 5.02. The summed E-state index contributed by atoms with van der Waals surface area (Å²) in [7, 11) is 1.87. The van der Waals surface area contributed by atoms with Crippen molar-refractivity contribution in [3.63, 3.8) is 0 Å². The molecular weight excluding hydrogens is 242 g/mol. The van der Waals surface area contributed by atoms with Crippen LogP contribution in [0.2, 0.25) is 0 Å². The summed E-state index contributed by atoms with van der Waals surface area (Å²) in [6, 6.07) is 5.82. The maximum absolute atomic E-state index is 10.9. The van der Waals surface area contributed by atoms with Crippen LogP contribution in [-0.2, 0) is 5.60 Å². The summed E-state index contributed by atoms with van der Waals surface area (Å²) in [4.78, 5) is 0. The Morgan fingerprint density at radius 1 is 1.26 bits per heavy atom. The molecule has 104 valence electrons. The standard InChI is InChI=1S/C15H21NO3/c1-16-10-15(17,11-3-4-11)12-5-6-13-14(9-12)19-8-2-7-18-13/h5-6,9,11,16-17H,2-4,7-8,10H2,1H3. The van der Waals surface area contributed by atoms with Crippen LogP contribution in [0.1, 0.15) is 24.8 Å². The van der Waals surface area contributed by atoms with Crippen molar-refractivity contribution in [1.82, 2.24) is 5.32 Å². The maximum atomic E-state index is 10.9. The Balaban J connectivity index is 1.93. The van der Waals surface area contributed by atoms with E-state index in [9.17, 15) is 5.11 Å². The Kier molecular flexibility index (Phi) is 3.37. The summed E-state index contributed by atoms with van der Waals surface area (Å²) in [5.74, 6) is 1.89. The van der Waals surface area contributed by atoms with E-state index in [1.165, 1.54) is 0 Å². The van der Waals surface area contributed by atoms with Crippen molar-refractivity contribution < 1.29 is 14.6 Å². The number of benzene rings is 1. The van der Waals surface area contributed by atoms with Crippen molar-refractivity contribution in [2.24, 2.45) is 5.92 Å². The molecule has 19 heavy (non-hydrogen) atoms. The number of nitrogens with one attached hydrogen (secondary N) is 1. The molecule has 4 nitrogen and oxygen atoms in total. The van der Waals surface area contributed by atoms with Crippen LogP contribution in [-0.4, -0.2) is 31.9 Å². The van der Waals surface area contributed by atoms with Crippen molar-refractivity contribution in [2.45, 2.75) is 24.9 Å². The van der Waals surface area contributed by atoms with Gasteiger partial charge < -0.3 is 19.9 Å². The zero-order valence-electron chi connectivity index (χ0n) is 11.3. The van der Waals surface area contributed by atoms with Gasteiger partial charge in [0.1, 0.15) is 5.60 Å². The minimum Gasteiger partial charge on any atom is -0.490 e. The maximum Gasteiger partial charge on any atom is 0.161 e. The first kappa shape index (κ1) is 12.8. The van der Waals surface area contributed by atoms with Gasteiger partial charge in [0, 0.05) is 13.0 Å². The molecule has 0 spiro atoms. The van der Waals surface area contributed by atoms with Gasteiger partial charge in [-0.3, -0.25) is 0 Å². The lowest BCUT2D eigenvalue weighted by atomic mass is 9.88. The van der Waals surface area contributed by atoms with Crippen molar-refractivity contribution in [2.75, 3.05) is 26.8 Å². The van der Waals surface area contributed by atoms with E-state index in [4.69, 9.17) is 9.47 Å². The van der Waals surface area contributed by atoms with Crippen LogP contribution < -0.4 is 14.8 Å². The minimum absolute atomic E-state index is 0.352. The second-order valence-electron chi connectivity index (χ2n) is 5.44. The molecule has 1 heterocycles. The van der Waals surface area contributed by atoms with E-state index < -0.39 is 5.60 Å². The molecule has 1 aromatic carbocycles. The van der Waals surface area contributed by atoms with Crippen LogP contribution in [0.15, 0.2) is 18.2 Å². The first-order valence-electron chi connectivity index (χ1n) is 7.01. The molecule has 0 saturated heterocycles. The predicted molar refractivity (Wildman–Crippen MR) is 72.6 cm³/mol. The smallest absolute Gasteiger partial charge is 0.161 e. The molecule has 1 aliphatic heterocycles. The first-order valence-corrected chi connectivity index (χ1v) is 7.01. The number of rotatable bonds is 4. The predicted octanol–water partition coefficient (Wildman–Crippen LogP) is 1.66. The Labute approximate surface area is 113 Å². The largest absolute Gasteiger partial charge is 0.490 e. The highest BCUT2D eigenvalue weighted by Crippen LogP contribution is 2.47. The third-order valence-corrected chi connectivity index (χ3v) is 3.95. The number of aliphatic hydroxyl groups is 1. The molecule has 1 unspecified atom stereocenters. The third-order valence-electron chi connectivity index (χ3n) is 3.95. The van der Waals surface area contributed by atoms with Gasteiger partial charge in [-0.1, -0.05) is 6.07 Å². The number of hydrogen-bond donors (Lipinski definition) is 2. The molecule has 1 atom stereocenters. The normalized spacial score (nSPS) is 21.6. The monoisotopic (exact) mass is 263 g/mol. The van der Waals surface area contributed by atoms with Crippen molar-refractivity contribution in [3.05, 3.63) is 23.8 Å². The molecule has 4 heteroatoms. The van der Waals surface area contributed by atoms with Gasteiger partial charge in [-0.15, -0.1) is 0 Å². The van der Waals surface area contributed by atoms with Gasteiger partial charge in [0.25, 0.3) is 0 Å². The zero-order chi connectivity index (χ0) is 13.3. The molecule has 0 aromatic heterocycles. The van der Waals surface area contributed by atoms with Crippen LogP contribution in [0.25, 0.3) is 0 Å². The Morgan fingerprint density at radius 3 is 2.68 bits per heavy atom. The van der Waals surface area contributed by atoms with Gasteiger partial charge in [-0.05, 0) is 43.5 Å². The number of likely N-dealkylation sites (N-methyl/N-ethyl adjacent to an activating group) is 1. The molecule has 0 bridgehead atoms. The molecule has 1 aromatic rings. The lowest BCUT2D eigenvalue weighted by molar-refractivity contribution is 0.0151. The van der Waals surface area contributed by atoms with Crippen LogP contribution in [0.5, 0.6) is 11.5 Å². The molecule has 2 N–H and O–H groups in total. The van der Waals surface area contributed by atoms with E-state index >= 15 is 0 Å². The van der Waals surface area contributed by atoms with Crippen LogP contribution in [0.4, 0.5) is 0 Å². The number of ether oxygens (including phenoxy) is 2. The molecule has 2 aliphatic rings. The number of fused-ring (bicyclic) bond motifs is 1. The molecule has 1 aliphatic carbocycles. The fourth-order valence-corrected chi connectivity index (χ4v) is 2.75. The van der Waals surface area contributed by atoms with Crippen molar-refractivity contribution in [3.8, 4) is 11.5 Å². The molecule has 3 rings (SSSR count). The highest BCUT2D eigenvalue weighted by molar-refractivity contribution is 5.45. The third kappa shape index (κ3) is 2.42. The van der Waals surface area contributed by atoms with Crippen LogP contribution in [0, 0.1) is 5.92 Å². The number of hydrogen-bond acceptors (Lipinski definition) is 4. The van der Waals surface area contributed by atoms with E-state index in [2.05, 4.69) is 5.32 Å². The van der Waals surface area contributed by atoms with Gasteiger partial charge in [0.15, 0.2) is 11.5 Å². The van der Waals surface area contributed by atoms with E-state index in [0.29, 0.717) is 25.7 Å².